The molecule has 1 N–H and O–H groups in total. The standard InChI is InChI=1S/C19H18N4O5S/c1-14-7-8-16(23(25)26)11-18(14)29(27,28)21-9-10-22-13-20-17(12-19(22)24)15-5-3-2-4-6-15/h2-8,11-13,21H,9-10H2,1H3. The van der Waals surface area contributed by atoms with E-state index in [2.05, 4.69) is 9.71 Å². The van der Waals surface area contributed by atoms with Crippen LogP contribution in [0.15, 0.2) is 70.6 Å². The highest BCUT2D eigenvalue weighted by molar-refractivity contribution is 7.89. The maximum Gasteiger partial charge on any atom is 0.270 e. The minimum absolute atomic E-state index is 0.0636. The number of non-ortho nitro benzene ring substituents is 1. The molecular formula is C19H18N4O5S. The van der Waals surface area contributed by atoms with Crippen molar-refractivity contribution in [2.75, 3.05) is 6.54 Å². The van der Waals surface area contributed by atoms with Crippen LogP contribution < -0.4 is 10.3 Å². The number of hydrogen-bond donors (Lipinski definition) is 1. The number of rotatable bonds is 7. The minimum Gasteiger partial charge on any atom is -0.298 e. The maximum absolute atomic E-state index is 12.5. The number of benzene rings is 2. The lowest BCUT2D eigenvalue weighted by Gasteiger charge is -2.10. The Morgan fingerprint density at radius 1 is 1.14 bits per heavy atom. The number of sulfonamides is 1. The molecule has 0 atom stereocenters. The van der Waals surface area contributed by atoms with Gasteiger partial charge < -0.3 is 0 Å². The molecule has 3 aromatic rings. The third-order valence-electron chi connectivity index (χ3n) is 4.27. The molecule has 0 bridgehead atoms. The van der Waals surface area contributed by atoms with Gasteiger partial charge in [-0.3, -0.25) is 19.5 Å². The average molecular weight is 414 g/mol. The molecule has 0 aliphatic rings. The molecule has 1 heterocycles. The van der Waals surface area contributed by atoms with E-state index in [-0.39, 0.29) is 29.2 Å². The number of aryl methyl sites for hydroxylation is 1. The van der Waals surface area contributed by atoms with Gasteiger partial charge in [-0.1, -0.05) is 36.4 Å². The molecular weight excluding hydrogens is 396 g/mol. The molecule has 0 aliphatic carbocycles. The van der Waals surface area contributed by atoms with Crippen molar-refractivity contribution in [1.29, 1.82) is 0 Å². The highest BCUT2D eigenvalue weighted by atomic mass is 32.2. The van der Waals surface area contributed by atoms with E-state index in [1.54, 1.807) is 6.92 Å². The summed E-state index contributed by atoms with van der Waals surface area (Å²) in [6.07, 6.45) is 1.36. The Balaban J connectivity index is 1.72. The Bertz CT molecular complexity index is 1210. The summed E-state index contributed by atoms with van der Waals surface area (Å²) in [5.41, 5.74) is 1.09. The van der Waals surface area contributed by atoms with Gasteiger partial charge in [0.25, 0.3) is 11.2 Å². The van der Waals surface area contributed by atoms with E-state index in [0.717, 1.165) is 11.6 Å². The molecule has 0 aliphatic heterocycles. The van der Waals surface area contributed by atoms with Crippen molar-refractivity contribution in [3.63, 3.8) is 0 Å². The van der Waals surface area contributed by atoms with E-state index in [1.165, 1.54) is 29.1 Å². The first-order chi connectivity index (χ1) is 13.8. The van der Waals surface area contributed by atoms with Crippen LogP contribution in [-0.2, 0) is 16.6 Å². The van der Waals surface area contributed by atoms with Gasteiger partial charge in [0.2, 0.25) is 10.0 Å². The third kappa shape index (κ3) is 4.73. The van der Waals surface area contributed by atoms with Gasteiger partial charge in [-0.25, -0.2) is 18.1 Å². The zero-order chi connectivity index (χ0) is 21.0. The van der Waals surface area contributed by atoms with E-state index in [1.807, 2.05) is 30.3 Å². The zero-order valence-corrected chi connectivity index (χ0v) is 16.3. The molecule has 0 radical (unpaired) electrons. The fourth-order valence-electron chi connectivity index (χ4n) is 2.73. The fourth-order valence-corrected chi connectivity index (χ4v) is 4.01. The van der Waals surface area contributed by atoms with Crippen LogP contribution in [0.2, 0.25) is 0 Å². The van der Waals surface area contributed by atoms with Gasteiger partial charge in [0, 0.05) is 36.9 Å². The molecule has 3 rings (SSSR count). The molecule has 0 saturated heterocycles. The van der Waals surface area contributed by atoms with Crippen LogP contribution in [-0.4, -0.2) is 29.4 Å². The topological polar surface area (TPSA) is 124 Å². The summed E-state index contributed by atoms with van der Waals surface area (Å²) in [6.45, 7) is 1.54. The van der Waals surface area contributed by atoms with Gasteiger partial charge in [-0.15, -0.1) is 0 Å². The van der Waals surface area contributed by atoms with E-state index in [9.17, 15) is 23.3 Å². The molecule has 1 aromatic heterocycles. The van der Waals surface area contributed by atoms with Gasteiger partial charge in [-0.2, -0.15) is 0 Å². The van der Waals surface area contributed by atoms with Gasteiger partial charge in [0.05, 0.1) is 21.8 Å². The Labute approximate surface area is 166 Å². The Hall–Kier alpha value is -3.37. The fraction of sp³-hybridized carbons (Fsp3) is 0.158. The second kappa shape index (κ2) is 8.33. The molecule has 150 valence electrons. The van der Waals surface area contributed by atoms with Crippen molar-refractivity contribution in [2.24, 2.45) is 0 Å². The summed E-state index contributed by atoms with van der Waals surface area (Å²) >= 11 is 0. The van der Waals surface area contributed by atoms with Crippen molar-refractivity contribution >= 4 is 15.7 Å². The molecule has 9 nitrogen and oxygen atoms in total. The molecule has 0 spiro atoms. The number of aromatic nitrogens is 2. The van der Waals surface area contributed by atoms with Crippen molar-refractivity contribution in [1.82, 2.24) is 14.3 Å². The second-order valence-electron chi connectivity index (χ2n) is 6.28. The van der Waals surface area contributed by atoms with E-state index >= 15 is 0 Å². The zero-order valence-electron chi connectivity index (χ0n) is 15.5. The first kappa shape index (κ1) is 20.4. The Kier molecular flexibility index (Phi) is 5.85. The predicted octanol–water partition coefficient (Wildman–Crippen LogP) is 2.11. The van der Waals surface area contributed by atoms with Crippen LogP contribution in [0, 0.1) is 17.0 Å². The quantitative estimate of drug-likeness (QED) is 0.466. The van der Waals surface area contributed by atoms with Crippen LogP contribution in [0.3, 0.4) is 0 Å². The third-order valence-corrected chi connectivity index (χ3v) is 5.87. The summed E-state index contributed by atoms with van der Waals surface area (Å²) in [5, 5.41) is 10.9. The van der Waals surface area contributed by atoms with Gasteiger partial charge >= 0.3 is 0 Å². The van der Waals surface area contributed by atoms with E-state index in [0.29, 0.717) is 11.3 Å². The van der Waals surface area contributed by atoms with Crippen molar-refractivity contribution in [3.8, 4) is 11.3 Å². The first-order valence-corrected chi connectivity index (χ1v) is 10.1. The smallest absolute Gasteiger partial charge is 0.270 e. The van der Waals surface area contributed by atoms with Gasteiger partial charge in [0.15, 0.2) is 0 Å². The summed E-state index contributed by atoms with van der Waals surface area (Å²) in [6, 6.07) is 14.2. The lowest BCUT2D eigenvalue weighted by atomic mass is 10.1. The van der Waals surface area contributed by atoms with Crippen LogP contribution in [0.5, 0.6) is 0 Å². The number of hydrogen-bond acceptors (Lipinski definition) is 6. The van der Waals surface area contributed by atoms with Gasteiger partial charge in [-0.05, 0) is 12.5 Å². The molecule has 0 amide bonds. The van der Waals surface area contributed by atoms with E-state index in [4.69, 9.17) is 0 Å². The lowest BCUT2D eigenvalue weighted by Crippen LogP contribution is -2.31. The van der Waals surface area contributed by atoms with Crippen LogP contribution >= 0.6 is 0 Å². The summed E-state index contributed by atoms with van der Waals surface area (Å²) in [4.78, 5) is 26.6. The first-order valence-electron chi connectivity index (χ1n) is 8.64. The monoisotopic (exact) mass is 414 g/mol. The van der Waals surface area contributed by atoms with Crippen molar-refractivity contribution < 1.29 is 13.3 Å². The SMILES string of the molecule is Cc1ccc([N+](=O)[O-])cc1S(=O)(=O)NCCn1cnc(-c2ccccc2)cc1=O. The van der Waals surface area contributed by atoms with Gasteiger partial charge in [0.1, 0.15) is 0 Å². The van der Waals surface area contributed by atoms with Crippen LogP contribution in [0.25, 0.3) is 11.3 Å². The normalized spacial score (nSPS) is 11.3. The minimum atomic E-state index is -3.97. The lowest BCUT2D eigenvalue weighted by molar-refractivity contribution is -0.385. The summed E-state index contributed by atoms with van der Waals surface area (Å²) < 4.78 is 28.7. The summed E-state index contributed by atoms with van der Waals surface area (Å²) in [7, 11) is -3.97. The Morgan fingerprint density at radius 2 is 1.86 bits per heavy atom. The average Bonchev–Trinajstić information content (AvgIpc) is 2.69. The molecule has 0 saturated carbocycles. The van der Waals surface area contributed by atoms with Crippen LogP contribution in [0.1, 0.15) is 5.56 Å². The highest BCUT2D eigenvalue weighted by Crippen LogP contribution is 2.21. The van der Waals surface area contributed by atoms with Crippen molar-refractivity contribution in [3.05, 3.63) is 87.0 Å². The number of nitro groups is 1. The second-order valence-corrected chi connectivity index (χ2v) is 8.01. The van der Waals surface area contributed by atoms with Crippen molar-refractivity contribution in [2.45, 2.75) is 18.4 Å². The largest absolute Gasteiger partial charge is 0.298 e. The Morgan fingerprint density at radius 3 is 2.52 bits per heavy atom. The maximum atomic E-state index is 12.5. The molecule has 0 fully saturated rings. The molecule has 0 unspecified atom stereocenters. The van der Waals surface area contributed by atoms with E-state index < -0.39 is 14.9 Å². The molecule has 10 heteroatoms. The number of nitrogens with zero attached hydrogens (tertiary/aromatic N) is 3. The highest BCUT2D eigenvalue weighted by Gasteiger charge is 2.20. The molecule has 29 heavy (non-hydrogen) atoms. The number of nitrogens with one attached hydrogen (secondary N) is 1. The number of nitro benzene ring substituents is 1. The van der Waals surface area contributed by atoms with Crippen LogP contribution in [0.4, 0.5) is 5.69 Å². The molecule has 2 aromatic carbocycles. The predicted molar refractivity (Wildman–Crippen MR) is 107 cm³/mol. The summed E-state index contributed by atoms with van der Waals surface area (Å²) in [5.74, 6) is 0.